The minimum atomic E-state index is -0.369. The number of methoxy groups -OCH3 is 1. The number of carbonyl (C=O) groups is 1. The maximum absolute atomic E-state index is 11.5. The van der Waals surface area contributed by atoms with Crippen LogP contribution in [0.5, 0.6) is 17.2 Å². The van der Waals surface area contributed by atoms with Gasteiger partial charge in [-0.05, 0) is 13.0 Å². The maximum atomic E-state index is 11.5. The summed E-state index contributed by atoms with van der Waals surface area (Å²) in [4.78, 5) is 11.5. The third-order valence-electron chi connectivity index (χ3n) is 1.85. The molecule has 80 valence electrons. The van der Waals surface area contributed by atoms with Crippen LogP contribution in [0.1, 0.15) is 17.3 Å². The van der Waals surface area contributed by atoms with E-state index in [2.05, 4.69) is 0 Å². The molecule has 15 heavy (non-hydrogen) atoms. The van der Waals surface area contributed by atoms with Crippen LogP contribution in [0.4, 0.5) is 0 Å². The van der Waals surface area contributed by atoms with Crippen LogP contribution in [0.25, 0.3) is 0 Å². The zero-order valence-corrected chi connectivity index (χ0v) is 8.52. The highest BCUT2D eigenvalue weighted by Gasteiger charge is 2.16. The van der Waals surface area contributed by atoms with Crippen molar-refractivity contribution in [3.63, 3.8) is 0 Å². The highest BCUT2D eigenvalue weighted by molar-refractivity contribution is 6.08. The number of ketones is 1. The standard InChI is InChI=1S/C11H12O4/c1-3-4-8(13)11-9(14)5-7(12)6-10(11)15-2/h3-6,12,14H,1-2H3/b4-3+. The lowest BCUT2D eigenvalue weighted by atomic mass is 10.1. The van der Waals surface area contributed by atoms with Crippen molar-refractivity contribution in [2.45, 2.75) is 6.92 Å². The molecule has 0 radical (unpaired) electrons. The van der Waals surface area contributed by atoms with Gasteiger partial charge in [-0.2, -0.15) is 0 Å². The van der Waals surface area contributed by atoms with Crippen LogP contribution in [0.15, 0.2) is 24.3 Å². The third kappa shape index (κ3) is 2.28. The van der Waals surface area contributed by atoms with E-state index in [1.54, 1.807) is 13.0 Å². The molecule has 0 heterocycles. The number of phenolic OH excluding ortho intramolecular Hbond substituents is 2. The predicted octanol–water partition coefficient (Wildman–Crippen LogP) is 1.87. The van der Waals surface area contributed by atoms with Gasteiger partial charge in [0.25, 0.3) is 0 Å². The van der Waals surface area contributed by atoms with Gasteiger partial charge in [0.1, 0.15) is 22.8 Å². The van der Waals surface area contributed by atoms with Gasteiger partial charge in [0.2, 0.25) is 0 Å². The SMILES string of the molecule is C/C=C/C(=O)c1c(O)cc(O)cc1OC. The quantitative estimate of drug-likeness (QED) is 0.587. The largest absolute Gasteiger partial charge is 0.508 e. The first kappa shape index (κ1) is 11.1. The average molecular weight is 208 g/mol. The summed E-state index contributed by atoms with van der Waals surface area (Å²) in [5.41, 5.74) is 0.0494. The maximum Gasteiger partial charge on any atom is 0.192 e. The van der Waals surface area contributed by atoms with Crippen molar-refractivity contribution in [1.82, 2.24) is 0 Å². The van der Waals surface area contributed by atoms with E-state index in [9.17, 15) is 15.0 Å². The molecule has 0 atom stereocenters. The Kier molecular flexibility index (Phi) is 3.33. The fraction of sp³-hybridized carbons (Fsp3) is 0.182. The first-order valence-corrected chi connectivity index (χ1v) is 4.37. The number of carbonyl (C=O) groups excluding carboxylic acids is 1. The lowest BCUT2D eigenvalue weighted by Gasteiger charge is -2.08. The Labute approximate surface area is 87.4 Å². The fourth-order valence-corrected chi connectivity index (χ4v) is 1.23. The van der Waals surface area contributed by atoms with Crippen molar-refractivity contribution in [2.75, 3.05) is 7.11 Å². The van der Waals surface area contributed by atoms with E-state index in [0.717, 1.165) is 6.07 Å². The highest BCUT2D eigenvalue weighted by Crippen LogP contribution is 2.33. The second kappa shape index (κ2) is 4.50. The van der Waals surface area contributed by atoms with E-state index in [0.29, 0.717) is 0 Å². The van der Waals surface area contributed by atoms with Gasteiger partial charge < -0.3 is 14.9 Å². The van der Waals surface area contributed by atoms with Crippen molar-refractivity contribution < 1.29 is 19.7 Å². The van der Waals surface area contributed by atoms with Crippen LogP contribution in [-0.2, 0) is 0 Å². The van der Waals surface area contributed by atoms with Crippen molar-refractivity contribution in [3.8, 4) is 17.2 Å². The summed E-state index contributed by atoms with van der Waals surface area (Å²) in [5.74, 6) is -0.668. The molecule has 0 unspecified atom stereocenters. The van der Waals surface area contributed by atoms with Gasteiger partial charge in [0.05, 0.1) is 7.11 Å². The van der Waals surface area contributed by atoms with E-state index in [1.165, 1.54) is 19.3 Å². The number of phenols is 2. The smallest absolute Gasteiger partial charge is 0.192 e. The Morgan fingerprint density at radius 1 is 1.40 bits per heavy atom. The Balaban J connectivity index is 3.32. The summed E-state index contributed by atoms with van der Waals surface area (Å²) in [6.07, 6.45) is 2.88. The molecular formula is C11H12O4. The normalized spacial score (nSPS) is 10.5. The molecule has 4 heteroatoms. The molecule has 0 aromatic heterocycles. The summed E-state index contributed by atoms with van der Waals surface area (Å²) in [6, 6.07) is 2.37. The van der Waals surface area contributed by atoms with Crippen LogP contribution < -0.4 is 4.74 Å². The van der Waals surface area contributed by atoms with Crippen molar-refractivity contribution in [2.24, 2.45) is 0 Å². The molecule has 0 saturated heterocycles. The molecule has 4 nitrogen and oxygen atoms in total. The number of rotatable bonds is 3. The predicted molar refractivity (Wildman–Crippen MR) is 55.5 cm³/mol. The Morgan fingerprint density at radius 3 is 2.60 bits per heavy atom. The summed E-state index contributed by atoms with van der Waals surface area (Å²) in [6.45, 7) is 1.70. The number of aromatic hydroxyl groups is 2. The van der Waals surface area contributed by atoms with E-state index in [4.69, 9.17) is 4.74 Å². The molecule has 0 amide bonds. The first-order chi connectivity index (χ1) is 7.10. The molecule has 0 aliphatic rings. The molecule has 0 fully saturated rings. The first-order valence-electron chi connectivity index (χ1n) is 4.37. The van der Waals surface area contributed by atoms with Crippen LogP contribution in [-0.4, -0.2) is 23.1 Å². The number of ether oxygens (including phenoxy) is 1. The van der Waals surface area contributed by atoms with E-state index in [-0.39, 0.29) is 28.6 Å². The number of benzene rings is 1. The zero-order valence-electron chi connectivity index (χ0n) is 8.52. The Hall–Kier alpha value is -1.97. The Bertz CT molecular complexity index is 407. The molecule has 2 N–H and O–H groups in total. The minimum absolute atomic E-state index is 0.0494. The van der Waals surface area contributed by atoms with Gasteiger partial charge in [0.15, 0.2) is 5.78 Å². The van der Waals surface area contributed by atoms with Crippen molar-refractivity contribution in [1.29, 1.82) is 0 Å². The summed E-state index contributed by atoms with van der Waals surface area (Å²) >= 11 is 0. The van der Waals surface area contributed by atoms with Crippen LogP contribution in [0, 0.1) is 0 Å². The minimum Gasteiger partial charge on any atom is -0.508 e. The van der Waals surface area contributed by atoms with Gasteiger partial charge in [0, 0.05) is 12.1 Å². The van der Waals surface area contributed by atoms with Crippen molar-refractivity contribution >= 4 is 5.78 Å². The highest BCUT2D eigenvalue weighted by atomic mass is 16.5. The van der Waals surface area contributed by atoms with Gasteiger partial charge >= 0.3 is 0 Å². The molecule has 0 bridgehead atoms. The Morgan fingerprint density at radius 2 is 2.07 bits per heavy atom. The van der Waals surface area contributed by atoms with Gasteiger partial charge in [-0.15, -0.1) is 0 Å². The fourth-order valence-electron chi connectivity index (χ4n) is 1.23. The van der Waals surface area contributed by atoms with Crippen LogP contribution in [0.3, 0.4) is 0 Å². The number of allylic oxidation sites excluding steroid dienone is 2. The molecule has 0 spiro atoms. The van der Waals surface area contributed by atoms with E-state index < -0.39 is 0 Å². The van der Waals surface area contributed by atoms with Crippen molar-refractivity contribution in [3.05, 3.63) is 29.8 Å². The van der Waals surface area contributed by atoms with Crippen LogP contribution >= 0.6 is 0 Å². The third-order valence-corrected chi connectivity index (χ3v) is 1.85. The van der Waals surface area contributed by atoms with Gasteiger partial charge in [-0.3, -0.25) is 4.79 Å². The lowest BCUT2D eigenvalue weighted by molar-refractivity contribution is 0.104. The zero-order chi connectivity index (χ0) is 11.4. The second-order valence-corrected chi connectivity index (χ2v) is 2.91. The molecule has 1 aromatic rings. The van der Waals surface area contributed by atoms with E-state index >= 15 is 0 Å². The van der Waals surface area contributed by atoms with Gasteiger partial charge in [-0.25, -0.2) is 0 Å². The monoisotopic (exact) mass is 208 g/mol. The van der Waals surface area contributed by atoms with Gasteiger partial charge in [-0.1, -0.05) is 6.08 Å². The lowest BCUT2D eigenvalue weighted by Crippen LogP contribution is -1.99. The summed E-state index contributed by atoms with van der Waals surface area (Å²) < 4.78 is 4.90. The van der Waals surface area contributed by atoms with E-state index in [1.807, 2.05) is 0 Å². The van der Waals surface area contributed by atoms with Crippen LogP contribution in [0.2, 0.25) is 0 Å². The summed E-state index contributed by atoms with van der Waals surface area (Å²) in [7, 11) is 1.36. The topological polar surface area (TPSA) is 66.8 Å². The number of hydrogen-bond acceptors (Lipinski definition) is 4. The molecule has 0 aliphatic carbocycles. The molecule has 1 rings (SSSR count). The average Bonchev–Trinajstić information content (AvgIpc) is 2.16. The molecule has 0 aliphatic heterocycles. The molecular weight excluding hydrogens is 196 g/mol. The molecule has 0 saturated carbocycles. The second-order valence-electron chi connectivity index (χ2n) is 2.91. The molecule has 1 aromatic carbocycles. The number of hydrogen-bond donors (Lipinski definition) is 2. The summed E-state index contributed by atoms with van der Waals surface area (Å²) in [5, 5.41) is 18.7.